The highest BCUT2D eigenvalue weighted by atomic mass is 35.5. The van der Waals surface area contributed by atoms with Crippen LogP contribution in [0.25, 0.3) is 11.3 Å². The van der Waals surface area contributed by atoms with Crippen LogP contribution < -0.4 is 10.1 Å². The van der Waals surface area contributed by atoms with Gasteiger partial charge in [-0.15, -0.1) is 0 Å². The third kappa shape index (κ3) is 7.64. The summed E-state index contributed by atoms with van der Waals surface area (Å²) in [5.74, 6) is -0.599. The smallest absolute Gasteiger partial charge is 0.394 e. The molecule has 2 aromatic rings. The molecule has 1 aliphatic carbocycles. The van der Waals surface area contributed by atoms with Crippen molar-refractivity contribution in [3.63, 3.8) is 0 Å². The second kappa shape index (κ2) is 12.6. The molecule has 0 spiro atoms. The van der Waals surface area contributed by atoms with Crippen molar-refractivity contribution in [1.82, 2.24) is 15.1 Å². The van der Waals surface area contributed by atoms with Crippen molar-refractivity contribution in [1.29, 1.82) is 0 Å². The minimum absolute atomic E-state index is 0.0152. The van der Waals surface area contributed by atoms with E-state index in [0.717, 1.165) is 32.8 Å². The molecule has 224 valence electrons. The maximum atomic E-state index is 13.5. The number of rotatable bonds is 11. The lowest BCUT2D eigenvalue weighted by Crippen LogP contribution is -2.45. The van der Waals surface area contributed by atoms with E-state index in [-0.39, 0.29) is 47.2 Å². The number of amides is 1. The molecule has 2 N–H and O–H groups in total. The van der Waals surface area contributed by atoms with E-state index in [4.69, 9.17) is 21.1 Å². The minimum atomic E-state index is -4.53. The number of nitrogens with zero attached hydrogens (tertiary/aromatic N) is 2. The van der Waals surface area contributed by atoms with E-state index in [2.05, 4.69) is 17.3 Å². The van der Waals surface area contributed by atoms with Crippen molar-refractivity contribution in [3.05, 3.63) is 34.5 Å². The monoisotopic (exact) mass is 595 g/mol. The second-order valence-corrected chi connectivity index (χ2v) is 11.5. The van der Waals surface area contributed by atoms with Gasteiger partial charge in [0.15, 0.2) is 5.69 Å². The largest absolute Gasteiger partial charge is 0.434 e. The summed E-state index contributed by atoms with van der Waals surface area (Å²) in [6, 6.07) is 3.79. The first-order chi connectivity index (χ1) is 18.6. The molecule has 0 aliphatic heterocycles. The Labute approximate surface area is 235 Å². The zero-order chi connectivity index (χ0) is 29.9. The molecule has 0 radical (unpaired) electrons. The van der Waals surface area contributed by atoms with Crippen LogP contribution >= 0.6 is 11.6 Å². The number of carbonyl (C=O) groups is 1. The van der Waals surface area contributed by atoms with Gasteiger partial charge in [-0.05, 0) is 55.7 Å². The number of hydrogen-bond donors (Lipinski definition) is 2. The summed E-state index contributed by atoms with van der Waals surface area (Å²) in [4.78, 5) is 13.1. The van der Waals surface area contributed by atoms with E-state index in [1.54, 1.807) is 0 Å². The Balaban J connectivity index is 1.98. The average molecular weight is 596 g/mol. The number of benzene rings is 1. The topological polar surface area (TPSA) is 85.6 Å². The van der Waals surface area contributed by atoms with Crippen molar-refractivity contribution in [2.45, 2.75) is 77.8 Å². The SMILES string of the molecule is COCCn1nc(C(=O)NCC2(O)CCC(C)CC2)c(Cl)c1-c1ccc(CC(C)(C)C(F)(F)F)cc1OC(F)F. The summed E-state index contributed by atoms with van der Waals surface area (Å²) >= 11 is 6.59. The van der Waals surface area contributed by atoms with Gasteiger partial charge in [-0.25, -0.2) is 0 Å². The first-order valence-electron chi connectivity index (χ1n) is 13.0. The number of halogens is 6. The van der Waals surface area contributed by atoms with Gasteiger partial charge >= 0.3 is 12.8 Å². The molecule has 0 saturated heterocycles. The highest BCUT2D eigenvalue weighted by molar-refractivity contribution is 6.36. The van der Waals surface area contributed by atoms with Gasteiger partial charge in [-0.3, -0.25) is 9.48 Å². The molecule has 0 unspecified atom stereocenters. The van der Waals surface area contributed by atoms with Crippen LogP contribution in [0.5, 0.6) is 5.75 Å². The van der Waals surface area contributed by atoms with Crippen LogP contribution in [0.15, 0.2) is 18.2 Å². The second-order valence-electron chi connectivity index (χ2n) is 11.1. The first kappa shape index (κ1) is 32.1. The van der Waals surface area contributed by atoms with Crippen molar-refractivity contribution < 1.29 is 41.3 Å². The standard InChI is InChI=1S/C27H35ClF5N3O4/c1-16-7-9-26(38,10-8-16)15-34-23(37)21-20(28)22(36(35-21)11-12-39-4)18-6-5-17(13-19(18)40-24(29)30)14-25(2,3)27(31,32)33/h5-6,13,16,24,38H,7-12,14-15H2,1-4H3,(H,34,37). The summed E-state index contributed by atoms with van der Waals surface area (Å²) in [5, 5.41) is 17.6. The molecule has 0 atom stereocenters. The predicted molar refractivity (Wildman–Crippen MR) is 140 cm³/mol. The number of carbonyl (C=O) groups excluding carboxylic acids is 1. The Morgan fingerprint density at radius 1 is 1.27 bits per heavy atom. The molecule has 0 bridgehead atoms. The van der Waals surface area contributed by atoms with E-state index >= 15 is 0 Å². The van der Waals surface area contributed by atoms with E-state index in [0.29, 0.717) is 18.8 Å². The lowest BCUT2D eigenvalue weighted by Gasteiger charge is -2.34. The molecule has 7 nitrogen and oxygen atoms in total. The quantitative estimate of drug-likeness (QED) is 0.300. The Bertz CT molecular complexity index is 1180. The van der Waals surface area contributed by atoms with Gasteiger partial charge in [0.2, 0.25) is 0 Å². The summed E-state index contributed by atoms with van der Waals surface area (Å²) in [6.07, 6.45) is -2.30. The summed E-state index contributed by atoms with van der Waals surface area (Å²) < 4.78 is 78.2. The number of aromatic nitrogens is 2. The summed E-state index contributed by atoms with van der Waals surface area (Å²) in [5.41, 5.74) is -3.19. The van der Waals surface area contributed by atoms with Gasteiger partial charge < -0.3 is 19.9 Å². The molecule has 13 heteroatoms. The van der Waals surface area contributed by atoms with Crippen LogP contribution in [0.1, 0.15) is 62.5 Å². The van der Waals surface area contributed by atoms with E-state index in [1.165, 1.54) is 23.9 Å². The number of nitrogens with one attached hydrogen (secondary N) is 1. The number of ether oxygens (including phenoxy) is 2. The molecule has 3 rings (SSSR count). The minimum Gasteiger partial charge on any atom is -0.434 e. The molecule has 1 aliphatic rings. The molecular weight excluding hydrogens is 561 g/mol. The third-order valence-electron chi connectivity index (χ3n) is 7.33. The van der Waals surface area contributed by atoms with Crippen LogP contribution in [0.2, 0.25) is 5.02 Å². The molecule has 1 aromatic heterocycles. The van der Waals surface area contributed by atoms with Crippen molar-refractivity contribution >= 4 is 17.5 Å². The van der Waals surface area contributed by atoms with Crippen LogP contribution in [-0.4, -0.2) is 59.4 Å². The number of alkyl halides is 5. The summed E-state index contributed by atoms with van der Waals surface area (Å²) in [7, 11) is 1.44. The molecule has 40 heavy (non-hydrogen) atoms. The van der Waals surface area contributed by atoms with Gasteiger partial charge in [-0.1, -0.05) is 38.4 Å². The lowest BCUT2D eigenvalue weighted by molar-refractivity contribution is -0.211. The van der Waals surface area contributed by atoms with Crippen molar-refractivity contribution in [3.8, 4) is 17.0 Å². The molecule has 1 saturated carbocycles. The fraction of sp³-hybridized carbons (Fsp3) is 0.630. The fourth-order valence-corrected chi connectivity index (χ4v) is 4.99. The first-order valence-corrected chi connectivity index (χ1v) is 13.4. The molecule has 1 aromatic carbocycles. The Kier molecular flexibility index (Phi) is 10.1. The molecule has 1 fully saturated rings. The van der Waals surface area contributed by atoms with E-state index in [1.807, 2.05) is 0 Å². The zero-order valence-electron chi connectivity index (χ0n) is 22.9. The highest BCUT2D eigenvalue weighted by Crippen LogP contribution is 2.43. The van der Waals surface area contributed by atoms with Crippen molar-refractivity contribution in [2.75, 3.05) is 20.3 Å². The number of hydrogen-bond acceptors (Lipinski definition) is 5. The normalized spacial score (nSPS) is 20.1. The van der Waals surface area contributed by atoms with Crippen LogP contribution in [0.4, 0.5) is 22.0 Å². The van der Waals surface area contributed by atoms with Crippen molar-refractivity contribution in [2.24, 2.45) is 11.3 Å². The Morgan fingerprint density at radius 2 is 1.93 bits per heavy atom. The van der Waals surface area contributed by atoms with Gasteiger partial charge in [0.1, 0.15) is 5.75 Å². The molecule has 1 amide bonds. The highest BCUT2D eigenvalue weighted by Gasteiger charge is 2.47. The van der Waals surface area contributed by atoms with Crippen LogP contribution in [-0.2, 0) is 17.7 Å². The maximum Gasteiger partial charge on any atom is 0.394 e. The van der Waals surface area contributed by atoms with Gasteiger partial charge in [0.25, 0.3) is 5.91 Å². The average Bonchev–Trinajstić information content (AvgIpc) is 3.18. The lowest BCUT2D eigenvalue weighted by atomic mass is 9.79. The Morgan fingerprint density at radius 3 is 2.50 bits per heavy atom. The third-order valence-corrected chi connectivity index (χ3v) is 7.69. The predicted octanol–water partition coefficient (Wildman–Crippen LogP) is 6.25. The molecular formula is C27H35ClF5N3O4. The number of aliphatic hydroxyl groups is 1. The van der Waals surface area contributed by atoms with E-state index < -0.39 is 41.9 Å². The summed E-state index contributed by atoms with van der Waals surface area (Å²) in [6.45, 7) is 1.05. The van der Waals surface area contributed by atoms with Gasteiger partial charge in [0, 0.05) is 19.2 Å². The zero-order valence-corrected chi connectivity index (χ0v) is 23.6. The van der Waals surface area contributed by atoms with Gasteiger partial charge in [-0.2, -0.15) is 27.1 Å². The fourth-order valence-electron chi connectivity index (χ4n) is 4.66. The maximum absolute atomic E-state index is 13.5. The molecule has 1 heterocycles. The van der Waals surface area contributed by atoms with Crippen LogP contribution in [0, 0.1) is 11.3 Å². The van der Waals surface area contributed by atoms with Crippen LogP contribution in [0.3, 0.4) is 0 Å². The number of methoxy groups -OCH3 is 1. The van der Waals surface area contributed by atoms with E-state index in [9.17, 15) is 31.9 Å². The Hall–Kier alpha value is -2.44. The van der Waals surface area contributed by atoms with Gasteiger partial charge in [0.05, 0.1) is 34.9 Å².